The predicted octanol–water partition coefficient (Wildman–Crippen LogP) is 2.17. The lowest BCUT2D eigenvalue weighted by atomic mass is 9.96. The number of ether oxygens (including phenoxy) is 1. The average Bonchev–Trinajstić information content (AvgIpc) is 3.12. The normalized spacial score (nSPS) is 25.2. The zero-order chi connectivity index (χ0) is 17.6. The SMILES string of the molecule is NC[C@H]1CC[C@@H](C(=O)NCC2CCN(Cc3ccccc3Cl)CC2)O1. The van der Waals surface area contributed by atoms with E-state index in [0.717, 1.165) is 56.9 Å². The van der Waals surface area contributed by atoms with Crippen molar-refractivity contribution in [1.29, 1.82) is 0 Å². The Hall–Kier alpha value is -1.14. The Bertz CT molecular complexity index is 576. The fraction of sp³-hybridized carbons (Fsp3) is 0.632. The first kappa shape index (κ1) is 18.6. The Balaban J connectivity index is 1.37. The lowest BCUT2D eigenvalue weighted by Crippen LogP contribution is -2.41. The minimum atomic E-state index is -0.311. The predicted molar refractivity (Wildman–Crippen MR) is 99.4 cm³/mol. The molecule has 3 N–H and O–H groups in total. The number of likely N-dealkylation sites (tertiary alicyclic amines) is 1. The summed E-state index contributed by atoms with van der Waals surface area (Å²) >= 11 is 6.25. The summed E-state index contributed by atoms with van der Waals surface area (Å²) in [6.07, 6.45) is 3.60. The smallest absolute Gasteiger partial charge is 0.249 e. The molecule has 2 aliphatic rings. The van der Waals surface area contributed by atoms with E-state index in [1.807, 2.05) is 18.2 Å². The highest BCUT2D eigenvalue weighted by Crippen LogP contribution is 2.22. The molecule has 2 saturated heterocycles. The number of hydrogen-bond acceptors (Lipinski definition) is 4. The van der Waals surface area contributed by atoms with E-state index in [2.05, 4.69) is 16.3 Å². The second-order valence-electron chi connectivity index (χ2n) is 7.12. The van der Waals surface area contributed by atoms with Crippen LogP contribution >= 0.6 is 11.6 Å². The number of amides is 1. The molecule has 1 aromatic rings. The maximum Gasteiger partial charge on any atom is 0.249 e. The van der Waals surface area contributed by atoms with Gasteiger partial charge in [-0.3, -0.25) is 9.69 Å². The average molecular weight is 366 g/mol. The molecule has 6 heteroatoms. The second kappa shape index (κ2) is 8.99. The Morgan fingerprint density at radius 3 is 2.68 bits per heavy atom. The molecule has 2 atom stereocenters. The lowest BCUT2D eigenvalue weighted by molar-refractivity contribution is -0.132. The number of rotatable bonds is 6. The van der Waals surface area contributed by atoms with E-state index in [-0.39, 0.29) is 18.1 Å². The summed E-state index contributed by atoms with van der Waals surface area (Å²) in [5, 5.41) is 3.91. The van der Waals surface area contributed by atoms with Crippen molar-refractivity contribution in [3.8, 4) is 0 Å². The van der Waals surface area contributed by atoms with Gasteiger partial charge in [-0.05, 0) is 56.3 Å². The first-order valence-electron chi connectivity index (χ1n) is 9.24. The van der Waals surface area contributed by atoms with Gasteiger partial charge in [-0.25, -0.2) is 0 Å². The molecule has 3 rings (SSSR count). The van der Waals surface area contributed by atoms with E-state index in [0.29, 0.717) is 12.5 Å². The van der Waals surface area contributed by atoms with Crippen molar-refractivity contribution in [2.24, 2.45) is 11.7 Å². The van der Waals surface area contributed by atoms with Crippen LogP contribution in [0.25, 0.3) is 0 Å². The van der Waals surface area contributed by atoms with E-state index in [4.69, 9.17) is 22.1 Å². The van der Waals surface area contributed by atoms with Crippen molar-refractivity contribution in [2.75, 3.05) is 26.2 Å². The van der Waals surface area contributed by atoms with Crippen LogP contribution in [-0.4, -0.2) is 49.2 Å². The highest BCUT2D eigenvalue weighted by Gasteiger charge is 2.30. The summed E-state index contributed by atoms with van der Waals surface area (Å²) < 4.78 is 5.65. The molecule has 0 radical (unpaired) electrons. The standard InChI is InChI=1S/C19H28ClN3O2/c20-17-4-2-1-3-15(17)13-23-9-7-14(8-10-23)12-22-19(24)18-6-5-16(11-21)25-18/h1-4,14,16,18H,5-13,21H2,(H,22,24)/t16-,18+/m1/s1. The van der Waals surface area contributed by atoms with Crippen LogP contribution in [0.1, 0.15) is 31.2 Å². The van der Waals surface area contributed by atoms with E-state index in [9.17, 15) is 4.79 Å². The van der Waals surface area contributed by atoms with E-state index < -0.39 is 0 Å². The molecule has 2 heterocycles. The third-order valence-electron chi connectivity index (χ3n) is 5.29. The Labute approximate surface area is 154 Å². The van der Waals surface area contributed by atoms with Crippen LogP contribution in [-0.2, 0) is 16.1 Å². The molecule has 0 saturated carbocycles. The van der Waals surface area contributed by atoms with Gasteiger partial charge in [-0.2, -0.15) is 0 Å². The monoisotopic (exact) mass is 365 g/mol. The molecular weight excluding hydrogens is 338 g/mol. The molecule has 1 aromatic carbocycles. The molecular formula is C19H28ClN3O2. The van der Waals surface area contributed by atoms with Crippen molar-refractivity contribution in [2.45, 2.75) is 44.4 Å². The number of nitrogens with one attached hydrogen (secondary N) is 1. The fourth-order valence-corrected chi connectivity index (χ4v) is 3.84. The molecule has 0 aliphatic carbocycles. The van der Waals surface area contributed by atoms with Gasteiger partial charge in [0.2, 0.25) is 5.91 Å². The number of nitrogens with zero attached hydrogens (tertiary/aromatic N) is 1. The van der Waals surface area contributed by atoms with Crippen LogP contribution in [0.15, 0.2) is 24.3 Å². The van der Waals surface area contributed by atoms with Crippen molar-refractivity contribution >= 4 is 17.5 Å². The molecule has 5 nitrogen and oxygen atoms in total. The van der Waals surface area contributed by atoms with Gasteiger partial charge in [0.15, 0.2) is 0 Å². The maximum atomic E-state index is 12.2. The van der Waals surface area contributed by atoms with Crippen molar-refractivity contribution in [1.82, 2.24) is 10.2 Å². The molecule has 2 aliphatic heterocycles. The fourth-order valence-electron chi connectivity index (χ4n) is 3.65. The van der Waals surface area contributed by atoms with Crippen LogP contribution in [0.2, 0.25) is 5.02 Å². The third-order valence-corrected chi connectivity index (χ3v) is 5.66. The quantitative estimate of drug-likeness (QED) is 0.810. The van der Waals surface area contributed by atoms with Gasteiger partial charge in [-0.1, -0.05) is 29.8 Å². The van der Waals surface area contributed by atoms with Gasteiger partial charge in [-0.15, -0.1) is 0 Å². The largest absolute Gasteiger partial charge is 0.364 e. The number of piperidine rings is 1. The van der Waals surface area contributed by atoms with Gasteiger partial charge in [0, 0.05) is 24.7 Å². The molecule has 0 unspecified atom stereocenters. The molecule has 138 valence electrons. The van der Waals surface area contributed by atoms with Crippen LogP contribution in [0.3, 0.4) is 0 Å². The van der Waals surface area contributed by atoms with E-state index >= 15 is 0 Å². The summed E-state index contributed by atoms with van der Waals surface area (Å²) in [6.45, 7) is 4.22. The topological polar surface area (TPSA) is 67.6 Å². The maximum absolute atomic E-state index is 12.2. The zero-order valence-corrected chi connectivity index (χ0v) is 15.4. The number of halogens is 1. The van der Waals surface area contributed by atoms with Crippen LogP contribution in [0, 0.1) is 5.92 Å². The second-order valence-corrected chi connectivity index (χ2v) is 7.52. The lowest BCUT2D eigenvalue weighted by Gasteiger charge is -2.32. The summed E-state index contributed by atoms with van der Waals surface area (Å²) in [6, 6.07) is 8.03. The summed E-state index contributed by atoms with van der Waals surface area (Å²) in [5.41, 5.74) is 6.78. The number of carbonyl (C=O) groups excluding carboxylic acids is 1. The zero-order valence-electron chi connectivity index (χ0n) is 14.6. The highest BCUT2D eigenvalue weighted by atomic mass is 35.5. The number of carbonyl (C=O) groups is 1. The summed E-state index contributed by atoms with van der Waals surface area (Å²) in [5.74, 6) is 0.563. The molecule has 0 bridgehead atoms. The molecule has 1 amide bonds. The molecule has 0 spiro atoms. The van der Waals surface area contributed by atoms with Gasteiger partial charge < -0.3 is 15.8 Å². The van der Waals surface area contributed by atoms with Gasteiger partial charge in [0.05, 0.1) is 6.10 Å². The van der Waals surface area contributed by atoms with Crippen molar-refractivity contribution < 1.29 is 9.53 Å². The minimum Gasteiger partial charge on any atom is -0.364 e. The van der Waals surface area contributed by atoms with Gasteiger partial charge >= 0.3 is 0 Å². The van der Waals surface area contributed by atoms with E-state index in [1.54, 1.807) is 0 Å². The Morgan fingerprint density at radius 1 is 1.24 bits per heavy atom. The Morgan fingerprint density at radius 2 is 2.00 bits per heavy atom. The van der Waals surface area contributed by atoms with Crippen LogP contribution in [0.5, 0.6) is 0 Å². The number of benzene rings is 1. The van der Waals surface area contributed by atoms with E-state index in [1.165, 1.54) is 5.56 Å². The van der Waals surface area contributed by atoms with Crippen molar-refractivity contribution in [3.63, 3.8) is 0 Å². The van der Waals surface area contributed by atoms with Crippen molar-refractivity contribution in [3.05, 3.63) is 34.9 Å². The number of hydrogen-bond donors (Lipinski definition) is 2. The van der Waals surface area contributed by atoms with Gasteiger partial charge in [0.25, 0.3) is 0 Å². The molecule has 0 aromatic heterocycles. The summed E-state index contributed by atoms with van der Waals surface area (Å²) in [4.78, 5) is 14.6. The molecule has 25 heavy (non-hydrogen) atoms. The minimum absolute atomic E-state index is 0.0226. The first-order valence-corrected chi connectivity index (χ1v) is 9.62. The van der Waals surface area contributed by atoms with Gasteiger partial charge in [0.1, 0.15) is 6.10 Å². The van der Waals surface area contributed by atoms with Crippen LogP contribution in [0.4, 0.5) is 0 Å². The third kappa shape index (κ3) is 5.17. The first-order chi connectivity index (χ1) is 12.2. The Kier molecular flexibility index (Phi) is 6.70. The summed E-state index contributed by atoms with van der Waals surface area (Å²) in [7, 11) is 0. The van der Waals surface area contributed by atoms with Crippen LogP contribution < -0.4 is 11.1 Å². The number of nitrogens with two attached hydrogens (primary N) is 1. The molecule has 2 fully saturated rings. The highest BCUT2D eigenvalue weighted by molar-refractivity contribution is 6.31.